The Kier molecular flexibility index (Phi) is 6.32. The molecule has 1 amide bonds. The summed E-state index contributed by atoms with van der Waals surface area (Å²) < 4.78 is 26.7. The number of hydrogen-bond donors (Lipinski definition) is 3. The van der Waals surface area contributed by atoms with Gasteiger partial charge in [0.1, 0.15) is 0 Å². The molecule has 0 bridgehead atoms. The second kappa shape index (κ2) is 7.53. The lowest BCUT2D eigenvalue weighted by atomic mass is 10.2. The summed E-state index contributed by atoms with van der Waals surface area (Å²) in [6.45, 7) is 5.20. The molecule has 7 heteroatoms. The summed E-state index contributed by atoms with van der Waals surface area (Å²) >= 11 is 0. The van der Waals surface area contributed by atoms with Crippen LogP contribution >= 0.6 is 0 Å². The van der Waals surface area contributed by atoms with Gasteiger partial charge >= 0.3 is 0 Å². The van der Waals surface area contributed by atoms with Crippen molar-refractivity contribution in [2.24, 2.45) is 0 Å². The predicted octanol–water partition coefficient (Wildman–Crippen LogP) is 0.874. The lowest BCUT2D eigenvalue weighted by molar-refractivity contribution is 0.0922. The first-order valence-corrected chi connectivity index (χ1v) is 8.32. The fourth-order valence-electron chi connectivity index (χ4n) is 1.55. The molecule has 1 rings (SSSR count). The maximum absolute atomic E-state index is 12.1. The number of aliphatic hydroxyl groups excluding tert-OH is 1. The van der Waals surface area contributed by atoms with Gasteiger partial charge in [0.25, 0.3) is 5.91 Å². The number of carbonyl (C=O) groups is 1. The molecule has 0 aliphatic rings. The molecular weight excluding hydrogens is 292 g/mol. The van der Waals surface area contributed by atoms with Crippen LogP contribution in [0, 0.1) is 0 Å². The molecular formula is C14H22N2O4S. The summed E-state index contributed by atoms with van der Waals surface area (Å²) in [6.07, 6.45) is 0.693. The van der Waals surface area contributed by atoms with Crippen molar-refractivity contribution in [2.45, 2.75) is 44.2 Å². The molecule has 0 aliphatic carbocycles. The molecule has 0 aliphatic heterocycles. The van der Waals surface area contributed by atoms with Crippen LogP contribution in [0.3, 0.4) is 0 Å². The Morgan fingerprint density at radius 2 is 1.76 bits per heavy atom. The molecule has 0 aromatic heterocycles. The van der Waals surface area contributed by atoms with Gasteiger partial charge in [0.15, 0.2) is 0 Å². The molecule has 0 radical (unpaired) electrons. The topological polar surface area (TPSA) is 95.5 Å². The minimum Gasteiger partial charge on any atom is -0.394 e. The van der Waals surface area contributed by atoms with Gasteiger partial charge in [0, 0.05) is 17.6 Å². The zero-order valence-corrected chi connectivity index (χ0v) is 13.3. The standard InChI is InChI=1S/C14H22N2O4S/c1-4-10(2)16-21(19,20)13-7-5-12(6-8-13)14(18)15-11(3)9-17/h5-8,10-11,16-17H,4,9H2,1-3H3,(H,15,18)/t10-,11-/m1/s1. The zero-order valence-electron chi connectivity index (χ0n) is 12.5. The maximum Gasteiger partial charge on any atom is 0.251 e. The highest BCUT2D eigenvalue weighted by molar-refractivity contribution is 7.89. The van der Waals surface area contributed by atoms with Crippen LogP contribution in [-0.4, -0.2) is 38.1 Å². The fraction of sp³-hybridized carbons (Fsp3) is 0.500. The highest BCUT2D eigenvalue weighted by Gasteiger charge is 2.17. The Morgan fingerprint density at radius 1 is 1.19 bits per heavy atom. The third kappa shape index (κ3) is 5.11. The fourth-order valence-corrected chi connectivity index (χ4v) is 2.88. The van der Waals surface area contributed by atoms with Crippen molar-refractivity contribution in [1.29, 1.82) is 0 Å². The minimum atomic E-state index is -3.56. The Hall–Kier alpha value is -1.44. The first-order chi connectivity index (χ1) is 9.80. The van der Waals surface area contributed by atoms with Crippen molar-refractivity contribution in [3.63, 3.8) is 0 Å². The van der Waals surface area contributed by atoms with E-state index in [0.29, 0.717) is 12.0 Å². The van der Waals surface area contributed by atoms with E-state index < -0.39 is 10.0 Å². The Bertz CT molecular complexity index is 569. The van der Waals surface area contributed by atoms with E-state index >= 15 is 0 Å². The highest BCUT2D eigenvalue weighted by Crippen LogP contribution is 2.12. The van der Waals surface area contributed by atoms with Crippen LogP contribution in [0.2, 0.25) is 0 Å². The van der Waals surface area contributed by atoms with E-state index in [9.17, 15) is 13.2 Å². The summed E-state index contributed by atoms with van der Waals surface area (Å²) in [5, 5.41) is 11.5. The van der Waals surface area contributed by atoms with Crippen LogP contribution in [0.1, 0.15) is 37.6 Å². The molecule has 0 saturated carbocycles. The number of rotatable bonds is 7. The molecule has 0 spiro atoms. The average molecular weight is 314 g/mol. The minimum absolute atomic E-state index is 0.120. The number of sulfonamides is 1. The Balaban J connectivity index is 2.85. The largest absolute Gasteiger partial charge is 0.394 e. The van der Waals surface area contributed by atoms with Gasteiger partial charge in [-0.25, -0.2) is 13.1 Å². The van der Waals surface area contributed by atoms with Crippen molar-refractivity contribution in [1.82, 2.24) is 10.0 Å². The van der Waals surface area contributed by atoms with Crippen LogP contribution in [0.5, 0.6) is 0 Å². The second-order valence-electron chi connectivity index (χ2n) is 5.01. The Labute approximate surface area is 125 Å². The van der Waals surface area contributed by atoms with Crippen molar-refractivity contribution >= 4 is 15.9 Å². The first kappa shape index (κ1) is 17.6. The van der Waals surface area contributed by atoms with Crippen molar-refractivity contribution in [3.05, 3.63) is 29.8 Å². The van der Waals surface area contributed by atoms with Gasteiger partial charge in [0.2, 0.25) is 10.0 Å². The molecule has 3 N–H and O–H groups in total. The van der Waals surface area contributed by atoms with E-state index in [1.807, 2.05) is 6.92 Å². The molecule has 6 nitrogen and oxygen atoms in total. The van der Waals surface area contributed by atoms with E-state index in [0.717, 1.165) is 0 Å². The first-order valence-electron chi connectivity index (χ1n) is 6.84. The summed E-state index contributed by atoms with van der Waals surface area (Å²) in [5.41, 5.74) is 0.345. The normalized spacial score (nSPS) is 14.5. The number of amides is 1. The summed E-state index contributed by atoms with van der Waals surface area (Å²) in [4.78, 5) is 11.9. The van der Waals surface area contributed by atoms with Crippen LogP contribution in [0.25, 0.3) is 0 Å². The van der Waals surface area contributed by atoms with Crippen LogP contribution < -0.4 is 10.0 Å². The van der Waals surface area contributed by atoms with Crippen molar-refractivity contribution in [3.8, 4) is 0 Å². The van der Waals surface area contributed by atoms with Gasteiger partial charge in [-0.1, -0.05) is 6.92 Å². The molecule has 0 fully saturated rings. The summed E-state index contributed by atoms with van der Waals surface area (Å²) in [7, 11) is -3.56. The second-order valence-corrected chi connectivity index (χ2v) is 6.73. The van der Waals surface area contributed by atoms with Gasteiger partial charge in [0.05, 0.1) is 11.5 Å². The molecule has 0 saturated heterocycles. The lowest BCUT2D eigenvalue weighted by Crippen LogP contribution is -2.35. The van der Waals surface area contributed by atoms with Crippen LogP contribution in [0.15, 0.2) is 29.2 Å². The van der Waals surface area contributed by atoms with Crippen LogP contribution in [-0.2, 0) is 10.0 Å². The molecule has 21 heavy (non-hydrogen) atoms. The van der Waals surface area contributed by atoms with E-state index in [-0.39, 0.29) is 29.5 Å². The lowest BCUT2D eigenvalue weighted by Gasteiger charge is -2.13. The average Bonchev–Trinajstić information content (AvgIpc) is 2.46. The van der Waals surface area contributed by atoms with Crippen molar-refractivity contribution in [2.75, 3.05) is 6.61 Å². The SMILES string of the molecule is CC[C@@H](C)NS(=O)(=O)c1ccc(C(=O)N[C@H](C)CO)cc1. The number of aliphatic hydroxyl groups is 1. The molecule has 0 heterocycles. The van der Waals surface area contributed by atoms with Gasteiger partial charge in [-0.3, -0.25) is 4.79 Å². The van der Waals surface area contributed by atoms with Gasteiger partial charge < -0.3 is 10.4 Å². The third-order valence-electron chi connectivity index (χ3n) is 3.05. The van der Waals surface area contributed by atoms with Crippen LogP contribution in [0.4, 0.5) is 0 Å². The van der Waals surface area contributed by atoms with Gasteiger partial charge in [-0.2, -0.15) is 0 Å². The number of nitrogens with one attached hydrogen (secondary N) is 2. The van der Waals surface area contributed by atoms with E-state index in [1.165, 1.54) is 24.3 Å². The van der Waals surface area contributed by atoms with E-state index in [1.54, 1.807) is 13.8 Å². The predicted molar refractivity (Wildman–Crippen MR) is 80.5 cm³/mol. The Morgan fingerprint density at radius 3 is 2.24 bits per heavy atom. The van der Waals surface area contributed by atoms with Gasteiger partial charge in [-0.05, 0) is 44.5 Å². The monoisotopic (exact) mass is 314 g/mol. The molecule has 1 aromatic carbocycles. The van der Waals surface area contributed by atoms with Gasteiger partial charge in [-0.15, -0.1) is 0 Å². The molecule has 1 aromatic rings. The quantitative estimate of drug-likeness (QED) is 0.696. The van der Waals surface area contributed by atoms with E-state index in [2.05, 4.69) is 10.0 Å². The summed E-state index contributed by atoms with van der Waals surface area (Å²) in [6, 6.07) is 5.18. The molecule has 0 unspecified atom stereocenters. The third-order valence-corrected chi connectivity index (χ3v) is 4.65. The zero-order chi connectivity index (χ0) is 16.0. The number of hydrogen-bond acceptors (Lipinski definition) is 4. The number of carbonyl (C=O) groups excluding carboxylic acids is 1. The van der Waals surface area contributed by atoms with Crippen molar-refractivity contribution < 1.29 is 18.3 Å². The highest BCUT2D eigenvalue weighted by atomic mass is 32.2. The van der Waals surface area contributed by atoms with E-state index in [4.69, 9.17) is 5.11 Å². The summed E-state index contributed by atoms with van der Waals surface area (Å²) in [5.74, 6) is -0.351. The maximum atomic E-state index is 12.1. The number of benzene rings is 1. The molecule has 2 atom stereocenters. The molecule has 118 valence electrons. The smallest absolute Gasteiger partial charge is 0.251 e.